The van der Waals surface area contributed by atoms with Gasteiger partial charge < -0.3 is 4.74 Å². The van der Waals surface area contributed by atoms with Crippen LogP contribution in [0.3, 0.4) is 0 Å². The Hall–Kier alpha value is -2.92. The minimum atomic E-state index is -0.299. The molecule has 0 spiro atoms. The second-order valence-corrected chi connectivity index (χ2v) is 6.71. The highest BCUT2D eigenvalue weighted by Gasteiger charge is 2.07. The van der Waals surface area contributed by atoms with E-state index >= 15 is 0 Å². The van der Waals surface area contributed by atoms with Gasteiger partial charge in [0.25, 0.3) is 5.91 Å². The van der Waals surface area contributed by atoms with Gasteiger partial charge in [-0.15, -0.1) is 11.3 Å². The van der Waals surface area contributed by atoms with E-state index in [4.69, 9.17) is 4.74 Å². The quantitative estimate of drug-likeness (QED) is 0.534. The van der Waals surface area contributed by atoms with Gasteiger partial charge in [-0.3, -0.25) is 4.79 Å². The molecule has 1 heterocycles. The van der Waals surface area contributed by atoms with Crippen molar-refractivity contribution in [3.05, 3.63) is 76.5 Å². The Morgan fingerprint density at radius 3 is 2.60 bits per heavy atom. The lowest BCUT2D eigenvalue weighted by Gasteiger charge is -2.10. The van der Waals surface area contributed by atoms with Crippen LogP contribution in [0.2, 0.25) is 0 Å². The minimum Gasteiger partial charge on any atom is -0.483 e. The van der Waals surface area contributed by atoms with E-state index in [1.165, 1.54) is 4.88 Å². The number of thiophene rings is 1. The molecule has 0 saturated heterocycles. The number of hydrogen-bond donors (Lipinski definition) is 1. The summed E-state index contributed by atoms with van der Waals surface area (Å²) in [6, 6.07) is 21.6. The number of hydrazone groups is 1. The molecule has 1 aromatic heterocycles. The van der Waals surface area contributed by atoms with Crippen LogP contribution in [0.4, 0.5) is 0 Å². The van der Waals surface area contributed by atoms with Crippen molar-refractivity contribution < 1.29 is 9.53 Å². The van der Waals surface area contributed by atoms with Gasteiger partial charge in [-0.1, -0.05) is 48.5 Å². The van der Waals surface area contributed by atoms with E-state index < -0.39 is 0 Å². The molecular formula is C20H18N2O2S. The molecule has 126 valence electrons. The van der Waals surface area contributed by atoms with Gasteiger partial charge in [-0.2, -0.15) is 5.10 Å². The van der Waals surface area contributed by atoms with Gasteiger partial charge >= 0.3 is 0 Å². The highest BCUT2D eigenvalue weighted by molar-refractivity contribution is 7.13. The number of amides is 1. The van der Waals surface area contributed by atoms with Crippen molar-refractivity contribution in [3.63, 3.8) is 0 Å². The second-order valence-electron chi connectivity index (χ2n) is 5.39. The molecule has 0 bridgehead atoms. The summed E-state index contributed by atoms with van der Waals surface area (Å²) in [5, 5.41) is 3.95. The second kappa shape index (κ2) is 8.26. The lowest BCUT2D eigenvalue weighted by Crippen LogP contribution is -2.24. The highest BCUT2D eigenvalue weighted by atomic mass is 32.1. The SMILES string of the molecule is Cc1ccc(C=NNC(=O)COc2ccccc2-c2ccccc2)s1. The fourth-order valence-electron chi connectivity index (χ4n) is 2.31. The molecule has 25 heavy (non-hydrogen) atoms. The fourth-order valence-corrected chi connectivity index (χ4v) is 3.06. The molecule has 0 atom stereocenters. The third-order valence-electron chi connectivity index (χ3n) is 3.47. The van der Waals surface area contributed by atoms with Crippen molar-refractivity contribution in [2.24, 2.45) is 5.10 Å². The zero-order chi connectivity index (χ0) is 17.5. The van der Waals surface area contributed by atoms with Gasteiger partial charge in [0.15, 0.2) is 6.61 Å². The van der Waals surface area contributed by atoms with E-state index in [1.54, 1.807) is 17.6 Å². The Morgan fingerprint density at radius 1 is 1.08 bits per heavy atom. The average Bonchev–Trinajstić information content (AvgIpc) is 3.06. The molecule has 3 aromatic rings. The van der Waals surface area contributed by atoms with Crippen LogP contribution in [0.25, 0.3) is 11.1 Å². The first-order valence-electron chi connectivity index (χ1n) is 7.88. The van der Waals surface area contributed by atoms with Crippen LogP contribution in [-0.2, 0) is 4.79 Å². The van der Waals surface area contributed by atoms with Gasteiger partial charge in [0, 0.05) is 15.3 Å². The number of nitrogens with zero attached hydrogens (tertiary/aromatic N) is 1. The van der Waals surface area contributed by atoms with Gasteiger partial charge in [0.2, 0.25) is 0 Å². The first-order chi connectivity index (χ1) is 12.2. The lowest BCUT2D eigenvalue weighted by molar-refractivity contribution is -0.123. The molecule has 1 amide bonds. The summed E-state index contributed by atoms with van der Waals surface area (Å²) in [6.07, 6.45) is 1.63. The van der Waals surface area contributed by atoms with E-state index in [1.807, 2.05) is 73.7 Å². The number of aryl methyl sites for hydroxylation is 1. The molecule has 0 aliphatic carbocycles. The molecule has 0 fully saturated rings. The van der Waals surface area contributed by atoms with Gasteiger partial charge in [0.05, 0.1) is 6.21 Å². The van der Waals surface area contributed by atoms with Crippen LogP contribution in [0.1, 0.15) is 9.75 Å². The Bertz CT molecular complexity index is 872. The number of hydrogen-bond acceptors (Lipinski definition) is 4. The molecular weight excluding hydrogens is 332 g/mol. The first-order valence-corrected chi connectivity index (χ1v) is 8.69. The molecule has 0 aliphatic rings. The fraction of sp³-hybridized carbons (Fsp3) is 0.100. The van der Waals surface area contributed by atoms with Crippen LogP contribution in [0.5, 0.6) is 5.75 Å². The number of rotatable bonds is 6. The van der Waals surface area contributed by atoms with E-state index in [9.17, 15) is 4.79 Å². The summed E-state index contributed by atoms with van der Waals surface area (Å²) in [7, 11) is 0. The zero-order valence-corrected chi connectivity index (χ0v) is 14.6. The predicted octanol–water partition coefficient (Wildman–Crippen LogP) is 4.25. The standard InChI is InChI=1S/C20H18N2O2S/c1-15-11-12-17(25-15)13-21-22-20(23)14-24-19-10-6-5-9-18(19)16-7-3-2-4-8-16/h2-13H,14H2,1H3,(H,22,23). The molecule has 0 aliphatic heterocycles. The third kappa shape index (κ3) is 4.78. The summed E-state index contributed by atoms with van der Waals surface area (Å²) in [5.74, 6) is 0.370. The molecule has 3 rings (SSSR count). The largest absolute Gasteiger partial charge is 0.483 e. The van der Waals surface area contributed by atoms with Gasteiger partial charge in [-0.05, 0) is 30.7 Å². The average molecular weight is 350 g/mol. The Balaban J connectivity index is 1.58. The van der Waals surface area contributed by atoms with Gasteiger partial charge in [0.1, 0.15) is 5.75 Å². The van der Waals surface area contributed by atoms with Crippen molar-refractivity contribution in [1.29, 1.82) is 0 Å². The van der Waals surface area contributed by atoms with Gasteiger partial charge in [-0.25, -0.2) is 5.43 Å². The topological polar surface area (TPSA) is 50.7 Å². The Labute approximate surface area is 150 Å². The maximum absolute atomic E-state index is 11.9. The van der Waals surface area contributed by atoms with Crippen LogP contribution in [0.15, 0.2) is 71.8 Å². The summed E-state index contributed by atoms with van der Waals surface area (Å²) in [4.78, 5) is 14.1. The number of benzene rings is 2. The number of carbonyl (C=O) groups excluding carboxylic acids is 1. The Kier molecular flexibility index (Phi) is 5.59. The molecule has 4 nitrogen and oxygen atoms in total. The molecule has 0 unspecified atom stereocenters. The minimum absolute atomic E-state index is 0.0926. The Morgan fingerprint density at radius 2 is 1.84 bits per heavy atom. The maximum atomic E-state index is 11.9. The number of carbonyl (C=O) groups is 1. The molecule has 2 aromatic carbocycles. The van der Waals surface area contributed by atoms with Crippen LogP contribution < -0.4 is 10.2 Å². The molecule has 1 N–H and O–H groups in total. The van der Waals surface area contributed by atoms with E-state index in [-0.39, 0.29) is 12.5 Å². The van der Waals surface area contributed by atoms with Crippen LogP contribution >= 0.6 is 11.3 Å². The number of nitrogens with one attached hydrogen (secondary N) is 1. The third-order valence-corrected chi connectivity index (χ3v) is 4.41. The number of para-hydroxylation sites is 1. The number of ether oxygens (including phenoxy) is 1. The zero-order valence-electron chi connectivity index (χ0n) is 13.8. The normalized spacial score (nSPS) is 10.8. The highest BCUT2D eigenvalue weighted by Crippen LogP contribution is 2.29. The van der Waals surface area contributed by atoms with Crippen molar-refractivity contribution >= 4 is 23.5 Å². The lowest BCUT2D eigenvalue weighted by atomic mass is 10.1. The van der Waals surface area contributed by atoms with E-state index in [2.05, 4.69) is 10.5 Å². The maximum Gasteiger partial charge on any atom is 0.277 e. The summed E-state index contributed by atoms with van der Waals surface area (Å²) in [6.45, 7) is 1.93. The molecule has 0 radical (unpaired) electrons. The summed E-state index contributed by atoms with van der Waals surface area (Å²) in [5.41, 5.74) is 4.48. The van der Waals surface area contributed by atoms with Crippen molar-refractivity contribution in [1.82, 2.24) is 5.43 Å². The van der Waals surface area contributed by atoms with Crippen molar-refractivity contribution in [3.8, 4) is 16.9 Å². The summed E-state index contributed by atoms with van der Waals surface area (Å²) >= 11 is 1.62. The monoisotopic (exact) mass is 350 g/mol. The predicted molar refractivity (Wildman–Crippen MR) is 102 cm³/mol. The van der Waals surface area contributed by atoms with E-state index in [0.717, 1.165) is 16.0 Å². The van der Waals surface area contributed by atoms with Crippen molar-refractivity contribution in [2.45, 2.75) is 6.92 Å². The van der Waals surface area contributed by atoms with Crippen LogP contribution in [-0.4, -0.2) is 18.7 Å². The summed E-state index contributed by atoms with van der Waals surface area (Å²) < 4.78 is 5.68. The van der Waals surface area contributed by atoms with E-state index in [0.29, 0.717) is 5.75 Å². The molecule has 0 saturated carbocycles. The molecule has 5 heteroatoms. The first kappa shape index (κ1) is 16.9. The smallest absolute Gasteiger partial charge is 0.277 e. The van der Waals surface area contributed by atoms with Crippen LogP contribution in [0, 0.1) is 6.92 Å². The van der Waals surface area contributed by atoms with Crippen molar-refractivity contribution in [2.75, 3.05) is 6.61 Å².